The highest BCUT2D eigenvalue weighted by atomic mass is 19.1. The lowest BCUT2D eigenvalue weighted by Crippen LogP contribution is -2.30. The van der Waals surface area contributed by atoms with Gasteiger partial charge in [-0.3, -0.25) is 0 Å². The Bertz CT molecular complexity index is 764. The van der Waals surface area contributed by atoms with E-state index in [0.717, 1.165) is 23.1 Å². The van der Waals surface area contributed by atoms with Gasteiger partial charge >= 0.3 is 0 Å². The minimum atomic E-state index is -0.136. The van der Waals surface area contributed by atoms with E-state index in [1.54, 1.807) is 12.1 Å². The van der Waals surface area contributed by atoms with Crippen LogP contribution >= 0.6 is 0 Å². The van der Waals surface area contributed by atoms with Crippen molar-refractivity contribution in [1.29, 1.82) is 0 Å². The summed E-state index contributed by atoms with van der Waals surface area (Å²) in [6.07, 6.45) is 17.2. The third kappa shape index (κ3) is 4.78. The lowest BCUT2D eigenvalue weighted by molar-refractivity contribution is 0.113. The van der Waals surface area contributed by atoms with Crippen molar-refractivity contribution >= 4 is 10.8 Å². The number of hydrogen-bond donors (Lipinski definition) is 0. The van der Waals surface area contributed by atoms with E-state index in [9.17, 15) is 4.39 Å². The minimum Gasteiger partial charge on any atom is -0.207 e. The van der Waals surface area contributed by atoms with Crippen LogP contribution in [0.25, 0.3) is 10.8 Å². The van der Waals surface area contributed by atoms with Gasteiger partial charge < -0.3 is 0 Å². The predicted molar refractivity (Wildman–Crippen MR) is 118 cm³/mol. The van der Waals surface area contributed by atoms with Crippen molar-refractivity contribution < 1.29 is 4.39 Å². The van der Waals surface area contributed by atoms with Crippen molar-refractivity contribution in [3.8, 4) is 0 Å². The maximum absolute atomic E-state index is 13.4. The van der Waals surface area contributed by atoms with Gasteiger partial charge in [-0.1, -0.05) is 76.1 Å². The molecule has 0 N–H and O–H groups in total. The van der Waals surface area contributed by atoms with E-state index in [4.69, 9.17) is 0 Å². The van der Waals surface area contributed by atoms with E-state index in [-0.39, 0.29) is 5.82 Å². The highest BCUT2D eigenvalue weighted by molar-refractivity contribution is 5.83. The van der Waals surface area contributed by atoms with E-state index in [2.05, 4.69) is 25.1 Å². The van der Waals surface area contributed by atoms with E-state index in [1.165, 1.54) is 88.0 Å². The Morgan fingerprint density at radius 1 is 0.786 bits per heavy atom. The summed E-state index contributed by atoms with van der Waals surface area (Å²) in [5.41, 5.74) is 1.48. The summed E-state index contributed by atoms with van der Waals surface area (Å²) in [6.45, 7) is 2.30. The maximum atomic E-state index is 13.4. The number of fused-ring (bicyclic) bond motifs is 2. The van der Waals surface area contributed by atoms with Crippen LogP contribution < -0.4 is 0 Å². The minimum absolute atomic E-state index is 0.136. The lowest BCUT2D eigenvalue weighted by atomic mass is 9.63. The van der Waals surface area contributed by atoms with Gasteiger partial charge in [0.05, 0.1) is 0 Å². The normalized spacial score (nSPS) is 27.6. The molecule has 0 aromatic heterocycles. The summed E-state index contributed by atoms with van der Waals surface area (Å²) >= 11 is 0. The second kappa shape index (κ2) is 9.42. The van der Waals surface area contributed by atoms with Gasteiger partial charge in [0.25, 0.3) is 0 Å². The first-order valence-corrected chi connectivity index (χ1v) is 11.9. The van der Waals surface area contributed by atoms with Crippen LogP contribution in [-0.2, 0) is 0 Å². The lowest BCUT2D eigenvalue weighted by Gasteiger charge is -2.42. The number of hydrogen-bond acceptors (Lipinski definition) is 0. The van der Waals surface area contributed by atoms with Gasteiger partial charge in [-0.25, -0.2) is 4.39 Å². The molecule has 2 aliphatic rings. The molecule has 0 saturated heterocycles. The molecule has 0 radical (unpaired) electrons. The van der Waals surface area contributed by atoms with Crippen LogP contribution in [0.1, 0.15) is 95.5 Å². The summed E-state index contributed by atoms with van der Waals surface area (Å²) in [5.74, 6) is 3.51. The molecule has 0 aliphatic heterocycles. The first-order chi connectivity index (χ1) is 13.7. The fourth-order valence-corrected chi connectivity index (χ4v) is 6.08. The summed E-state index contributed by atoms with van der Waals surface area (Å²) < 4.78 is 13.4. The molecule has 2 fully saturated rings. The highest BCUT2D eigenvalue weighted by Crippen LogP contribution is 2.48. The van der Waals surface area contributed by atoms with Crippen LogP contribution in [0.2, 0.25) is 0 Å². The molecule has 2 saturated carbocycles. The van der Waals surface area contributed by atoms with Crippen LogP contribution in [0.3, 0.4) is 0 Å². The molecule has 2 aliphatic carbocycles. The van der Waals surface area contributed by atoms with E-state index < -0.39 is 0 Å². The Kier molecular flexibility index (Phi) is 6.70. The second-order valence-electron chi connectivity index (χ2n) is 9.66. The summed E-state index contributed by atoms with van der Waals surface area (Å²) in [7, 11) is 0. The van der Waals surface area contributed by atoms with Gasteiger partial charge in [0.15, 0.2) is 0 Å². The van der Waals surface area contributed by atoms with Crippen molar-refractivity contribution in [2.75, 3.05) is 0 Å². The zero-order valence-electron chi connectivity index (χ0n) is 17.6. The molecule has 4 rings (SSSR count). The molecular formula is C27H37F. The van der Waals surface area contributed by atoms with Crippen LogP contribution in [0.5, 0.6) is 0 Å². The number of halogens is 1. The van der Waals surface area contributed by atoms with E-state index in [0.29, 0.717) is 5.92 Å². The largest absolute Gasteiger partial charge is 0.207 e. The molecular weight excluding hydrogens is 343 g/mol. The molecule has 2 aromatic rings. The fourth-order valence-electron chi connectivity index (χ4n) is 6.08. The van der Waals surface area contributed by atoms with Gasteiger partial charge in [0.1, 0.15) is 5.82 Å². The predicted octanol–water partition coefficient (Wildman–Crippen LogP) is 8.64. The molecule has 0 bridgehead atoms. The molecule has 0 amide bonds. The molecule has 1 heteroatoms. The number of unbranched alkanes of at least 4 members (excludes halogenated alkanes) is 4. The Morgan fingerprint density at radius 2 is 1.54 bits per heavy atom. The highest BCUT2D eigenvalue weighted by Gasteiger charge is 2.35. The molecule has 4 atom stereocenters. The SMILES string of the molecule is CCCCCCC[C@@H]1CC[C@@H]2CC(c3ccc4cc(F)ccc4c3)CCC2C1. The van der Waals surface area contributed by atoms with Crippen molar-refractivity contribution in [2.24, 2.45) is 17.8 Å². The topological polar surface area (TPSA) is 0 Å². The van der Waals surface area contributed by atoms with Crippen molar-refractivity contribution in [3.05, 3.63) is 47.8 Å². The van der Waals surface area contributed by atoms with Crippen LogP contribution in [0, 0.1) is 23.6 Å². The van der Waals surface area contributed by atoms with Crippen LogP contribution in [0.15, 0.2) is 36.4 Å². The van der Waals surface area contributed by atoms with Crippen LogP contribution in [-0.4, -0.2) is 0 Å². The smallest absolute Gasteiger partial charge is 0.123 e. The Labute approximate surface area is 170 Å². The molecule has 0 heterocycles. The van der Waals surface area contributed by atoms with Gasteiger partial charge in [-0.2, -0.15) is 0 Å². The van der Waals surface area contributed by atoms with Gasteiger partial charge in [0, 0.05) is 0 Å². The molecule has 0 nitrogen and oxygen atoms in total. The molecule has 2 unspecified atom stereocenters. The van der Waals surface area contributed by atoms with Crippen molar-refractivity contribution in [3.63, 3.8) is 0 Å². The fraction of sp³-hybridized carbons (Fsp3) is 0.630. The zero-order chi connectivity index (χ0) is 19.3. The van der Waals surface area contributed by atoms with Crippen molar-refractivity contribution in [1.82, 2.24) is 0 Å². The van der Waals surface area contributed by atoms with Gasteiger partial charge in [-0.05, 0) is 84.2 Å². The molecule has 28 heavy (non-hydrogen) atoms. The molecule has 2 aromatic carbocycles. The quantitative estimate of drug-likeness (QED) is 0.422. The molecule has 0 spiro atoms. The van der Waals surface area contributed by atoms with Gasteiger partial charge in [-0.15, -0.1) is 0 Å². The van der Waals surface area contributed by atoms with Gasteiger partial charge in [0.2, 0.25) is 0 Å². The number of rotatable bonds is 7. The Hall–Kier alpha value is -1.37. The van der Waals surface area contributed by atoms with E-state index in [1.807, 2.05) is 6.07 Å². The standard InChI is InChI=1S/C27H37F/c1-2-3-4-5-6-7-20-8-9-22-17-23(11-10-21(22)16-20)24-12-13-26-19-27(28)15-14-25(26)18-24/h12-15,18-23H,2-11,16-17H2,1H3/t20-,21?,22-,23?/m1/s1. The summed E-state index contributed by atoms with van der Waals surface area (Å²) in [6, 6.07) is 11.9. The first-order valence-electron chi connectivity index (χ1n) is 11.9. The zero-order valence-corrected chi connectivity index (χ0v) is 17.6. The summed E-state index contributed by atoms with van der Waals surface area (Å²) in [4.78, 5) is 0. The van der Waals surface area contributed by atoms with Crippen molar-refractivity contribution in [2.45, 2.75) is 89.9 Å². The maximum Gasteiger partial charge on any atom is 0.123 e. The monoisotopic (exact) mass is 380 g/mol. The molecule has 152 valence electrons. The average Bonchev–Trinajstić information content (AvgIpc) is 2.73. The van der Waals surface area contributed by atoms with E-state index >= 15 is 0 Å². The average molecular weight is 381 g/mol. The second-order valence-corrected chi connectivity index (χ2v) is 9.66. The third-order valence-electron chi connectivity index (χ3n) is 7.74. The Morgan fingerprint density at radius 3 is 2.43 bits per heavy atom. The third-order valence-corrected chi connectivity index (χ3v) is 7.74. The van der Waals surface area contributed by atoms with Crippen LogP contribution in [0.4, 0.5) is 4.39 Å². The number of benzene rings is 2. The first kappa shape index (κ1) is 19.9. The Balaban J connectivity index is 1.31. The summed E-state index contributed by atoms with van der Waals surface area (Å²) in [5, 5.41) is 2.21.